The smallest absolute Gasteiger partial charge is 0.280 e. The molecule has 0 fully saturated rings. The quantitative estimate of drug-likeness (QED) is 0.682. The number of para-hydroxylation sites is 2. The molecule has 1 amide bonds. The highest BCUT2D eigenvalue weighted by atomic mass is 32.2. The van der Waals surface area contributed by atoms with Crippen LogP contribution in [0.25, 0.3) is 0 Å². The first-order valence-electron chi connectivity index (χ1n) is 7.40. The molecule has 0 bridgehead atoms. The summed E-state index contributed by atoms with van der Waals surface area (Å²) in [5.41, 5.74) is 0.147. The average Bonchev–Trinajstić information content (AvgIpc) is 2.63. The van der Waals surface area contributed by atoms with Crippen LogP contribution in [0, 0.1) is 0 Å². The summed E-state index contributed by atoms with van der Waals surface area (Å²) < 4.78 is 0. The summed E-state index contributed by atoms with van der Waals surface area (Å²) in [6, 6.07) is 18.5. The number of hydrogen-bond acceptors (Lipinski definition) is 5. The Morgan fingerprint density at radius 1 is 0.960 bits per heavy atom. The predicted octanol–water partition coefficient (Wildman–Crippen LogP) is 1.92. The van der Waals surface area contributed by atoms with Crippen LogP contribution in [0.15, 0.2) is 75.3 Å². The Kier molecular flexibility index (Phi) is 5.10. The maximum Gasteiger partial charge on any atom is 0.342 e. The number of aromatic amines is 2. The summed E-state index contributed by atoms with van der Waals surface area (Å²) >= 11 is 0.965. The monoisotopic (exact) mass is 354 g/mol. The highest BCUT2D eigenvalue weighted by molar-refractivity contribution is 7.99. The van der Waals surface area contributed by atoms with Crippen molar-refractivity contribution in [2.45, 2.75) is 5.03 Å². The lowest BCUT2D eigenvalue weighted by Gasteiger charge is -2.22. The molecule has 0 aliphatic heterocycles. The van der Waals surface area contributed by atoms with E-state index in [-0.39, 0.29) is 16.7 Å². The Labute approximate surface area is 146 Å². The molecule has 25 heavy (non-hydrogen) atoms. The highest BCUT2D eigenvalue weighted by Crippen LogP contribution is 2.26. The van der Waals surface area contributed by atoms with Crippen molar-refractivity contribution in [1.82, 2.24) is 15.2 Å². The zero-order valence-corrected chi connectivity index (χ0v) is 13.8. The fourth-order valence-electron chi connectivity index (χ4n) is 2.22. The van der Waals surface area contributed by atoms with Crippen molar-refractivity contribution in [3.63, 3.8) is 0 Å². The van der Waals surface area contributed by atoms with Crippen LogP contribution in [0.1, 0.15) is 0 Å². The van der Waals surface area contributed by atoms with Crippen LogP contribution in [-0.4, -0.2) is 26.8 Å². The number of rotatable bonds is 5. The Morgan fingerprint density at radius 2 is 1.52 bits per heavy atom. The van der Waals surface area contributed by atoms with E-state index in [1.807, 2.05) is 60.7 Å². The van der Waals surface area contributed by atoms with Gasteiger partial charge in [0.25, 0.3) is 5.56 Å². The molecule has 0 spiro atoms. The zero-order valence-electron chi connectivity index (χ0n) is 13.0. The Morgan fingerprint density at radius 3 is 2.04 bits per heavy atom. The van der Waals surface area contributed by atoms with E-state index in [0.29, 0.717) is 0 Å². The van der Waals surface area contributed by atoms with Crippen LogP contribution in [-0.2, 0) is 4.79 Å². The van der Waals surface area contributed by atoms with Gasteiger partial charge in [-0.05, 0) is 24.3 Å². The van der Waals surface area contributed by atoms with Gasteiger partial charge in [-0.1, -0.05) is 48.2 Å². The number of H-pyrrole nitrogens is 2. The molecule has 0 unspecified atom stereocenters. The Hall–Kier alpha value is -3.13. The second kappa shape index (κ2) is 7.63. The van der Waals surface area contributed by atoms with Crippen LogP contribution in [0.3, 0.4) is 0 Å². The number of amides is 1. The predicted molar refractivity (Wildman–Crippen MR) is 96.2 cm³/mol. The van der Waals surface area contributed by atoms with E-state index < -0.39 is 11.2 Å². The topological polar surface area (TPSA) is 98.9 Å². The fourth-order valence-corrected chi connectivity index (χ4v) is 2.90. The Bertz CT molecular complexity index is 931. The maximum atomic E-state index is 12.8. The molecule has 3 rings (SSSR count). The fraction of sp³-hybridized carbons (Fsp3) is 0.0588. The molecule has 0 aliphatic rings. The van der Waals surface area contributed by atoms with Crippen molar-refractivity contribution >= 4 is 29.0 Å². The number of nitrogens with one attached hydrogen (secondary N) is 2. The first-order valence-corrected chi connectivity index (χ1v) is 8.38. The van der Waals surface area contributed by atoms with Crippen LogP contribution < -0.4 is 16.1 Å². The van der Waals surface area contributed by atoms with Gasteiger partial charge in [-0.2, -0.15) is 5.10 Å². The van der Waals surface area contributed by atoms with Crippen molar-refractivity contribution in [2.75, 3.05) is 10.7 Å². The number of carbonyl (C=O) groups excluding carboxylic acids is 1. The Balaban J connectivity index is 1.85. The summed E-state index contributed by atoms with van der Waals surface area (Å²) in [4.78, 5) is 39.1. The standard InChI is InChI=1S/C17H14N4O3S/c22-14(11-25-16-15(23)18-17(24)20-19-16)21(12-7-3-1-4-8-12)13-9-5-2-6-10-13/h1-10H,11H2,(H2,18,20,23,24). The van der Waals surface area contributed by atoms with Crippen molar-refractivity contribution in [1.29, 1.82) is 0 Å². The maximum absolute atomic E-state index is 12.8. The second-order valence-electron chi connectivity index (χ2n) is 5.00. The van der Waals surface area contributed by atoms with E-state index >= 15 is 0 Å². The lowest BCUT2D eigenvalue weighted by atomic mass is 10.2. The van der Waals surface area contributed by atoms with Crippen molar-refractivity contribution < 1.29 is 4.79 Å². The van der Waals surface area contributed by atoms with Crippen LogP contribution in [0.5, 0.6) is 0 Å². The molecule has 7 nitrogen and oxygen atoms in total. The lowest BCUT2D eigenvalue weighted by Crippen LogP contribution is -2.29. The van der Waals surface area contributed by atoms with Gasteiger partial charge in [-0.3, -0.25) is 19.5 Å². The number of hydrogen-bond donors (Lipinski definition) is 2. The number of benzene rings is 2. The summed E-state index contributed by atoms with van der Waals surface area (Å²) in [6.45, 7) is 0. The molecular weight excluding hydrogens is 340 g/mol. The molecule has 0 atom stereocenters. The second-order valence-corrected chi connectivity index (χ2v) is 5.96. The minimum Gasteiger partial charge on any atom is -0.280 e. The zero-order chi connectivity index (χ0) is 17.6. The SMILES string of the molecule is O=C(CSc1n[nH]c(=O)[nH]c1=O)N(c1ccccc1)c1ccccc1. The molecule has 2 aromatic carbocycles. The summed E-state index contributed by atoms with van der Waals surface area (Å²) in [7, 11) is 0. The normalized spacial score (nSPS) is 10.4. The third-order valence-electron chi connectivity index (χ3n) is 3.29. The summed E-state index contributed by atoms with van der Waals surface area (Å²) in [5.74, 6) is -0.221. The first kappa shape index (κ1) is 16.7. The molecule has 0 radical (unpaired) electrons. The third-order valence-corrected chi connectivity index (χ3v) is 4.23. The van der Waals surface area contributed by atoms with Crippen LogP contribution in [0.4, 0.5) is 11.4 Å². The van der Waals surface area contributed by atoms with E-state index in [1.54, 1.807) is 4.90 Å². The van der Waals surface area contributed by atoms with E-state index in [2.05, 4.69) is 15.2 Å². The van der Waals surface area contributed by atoms with Gasteiger partial charge in [-0.15, -0.1) is 0 Å². The summed E-state index contributed by atoms with van der Waals surface area (Å²) in [6.07, 6.45) is 0. The number of nitrogens with zero attached hydrogens (tertiary/aromatic N) is 2. The molecule has 0 saturated carbocycles. The van der Waals surface area contributed by atoms with Crippen molar-refractivity contribution in [3.8, 4) is 0 Å². The molecule has 8 heteroatoms. The minimum absolute atomic E-state index is 0.00802. The van der Waals surface area contributed by atoms with Crippen LogP contribution in [0.2, 0.25) is 0 Å². The van der Waals surface area contributed by atoms with E-state index in [4.69, 9.17) is 0 Å². The van der Waals surface area contributed by atoms with Gasteiger partial charge in [0.15, 0.2) is 5.03 Å². The molecule has 0 saturated heterocycles. The molecule has 1 aromatic heterocycles. The third kappa shape index (κ3) is 4.04. The molecular formula is C17H14N4O3S. The minimum atomic E-state index is -0.684. The van der Waals surface area contributed by atoms with Gasteiger partial charge in [-0.25, -0.2) is 9.89 Å². The number of thioether (sulfide) groups is 1. The van der Waals surface area contributed by atoms with Gasteiger partial charge < -0.3 is 0 Å². The van der Waals surface area contributed by atoms with E-state index in [9.17, 15) is 14.4 Å². The van der Waals surface area contributed by atoms with Gasteiger partial charge in [0.05, 0.1) is 5.75 Å². The van der Waals surface area contributed by atoms with Crippen LogP contribution >= 0.6 is 11.8 Å². The van der Waals surface area contributed by atoms with Crippen molar-refractivity contribution in [3.05, 3.63) is 81.5 Å². The molecule has 126 valence electrons. The van der Waals surface area contributed by atoms with Gasteiger partial charge in [0.1, 0.15) is 0 Å². The first-order chi connectivity index (χ1) is 12.1. The van der Waals surface area contributed by atoms with E-state index in [1.165, 1.54) is 0 Å². The number of carbonyl (C=O) groups is 1. The molecule has 3 aromatic rings. The highest BCUT2D eigenvalue weighted by Gasteiger charge is 2.18. The molecule has 0 aliphatic carbocycles. The number of aromatic nitrogens is 3. The lowest BCUT2D eigenvalue weighted by molar-refractivity contribution is -0.115. The van der Waals surface area contributed by atoms with Gasteiger partial charge in [0, 0.05) is 11.4 Å². The summed E-state index contributed by atoms with van der Waals surface area (Å²) in [5, 5.41) is 5.85. The number of anilines is 2. The largest absolute Gasteiger partial charge is 0.342 e. The average molecular weight is 354 g/mol. The molecule has 2 N–H and O–H groups in total. The van der Waals surface area contributed by atoms with Gasteiger partial charge >= 0.3 is 5.69 Å². The van der Waals surface area contributed by atoms with E-state index in [0.717, 1.165) is 23.1 Å². The molecule has 1 heterocycles. The van der Waals surface area contributed by atoms with Gasteiger partial charge in [0.2, 0.25) is 5.91 Å². The van der Waals surface area contributed by atoms with Crippen molar-refractivity contribution in [2.24, 2.45) is 0 Å².